The highest BCUT2D eigenvalue weighted by Gasteiger charge is 2.24. The predicted octanol–water partition coefficient (Wildman–Crippen LogP) is 3.98. The summed E-state index contributed by atoms with van der Waals surface area (Å²) in [6, 6.07) is 9.98. The Bertz CT molecular complexity index is 645. The van der Waals surface area contributed by atoms with Gasteiger partial charge in [0.05, 0.1) is 6.61 Å². The van der Waals surface area contributed by atoms with E-state index in [-0.39, 0.29) is 5.56 Å². The maximum atomic E-state index is 13.2. The van der Waals surface area contributed by atoms with Crippen molar-refractivity contribution in [2.75, 3.05) is 12.3 Å². The molecule has 0 spiro atoms. The summed E-state index contributed by atoms with van der Waals surface area (Å²) in [5, 5.41) is 0. The number of nitrogen functional groups attached to an aromatic ring is 1. The SMILES string of the molecule is CC(F)(F)c1ccc(-c2cc(N)cc3c2OCC3)cc1. The number of ether oxygens (including phenoxy) is 1. The summed E-state index contributed by atoms with van der Waals surface area (Å²) in [7, 11) is 0. The summed E-state index contributed by atoms with van der Waals surface area (Å²) in [6.45, 7) is 1.53. The average molecular weight is 275 g/mol. The van der Waals surface area contributed by atoms with Gasteiger partial charge in [-0.3, -0.25) is 0 Å². The molecule has 2 aromatic carbocycles. The van der Waals surface area contributed by atoms with Crippen LogP contribution in [0.2, 0.25) is 0 Å². The van der Waals surface area contributed by atoms with E-state index in [1.54, 1.807) is 12.1 Å². The number of alkyl halides is 2. The van der Waals surface area contributed by atoms with E-state index in [0.29, 0.717) is 12.3 Å². The highest BCUT2D eigenvalue weighted by molar-refractivity contribution is 5.76. The van der Waals surface area contributed by atoms with Crippen molar-refractivity contribution in [3.05, 3.63) is 47.5 Å². The van der Waals surface area contributed by atoms with Crippen molar-refractivity contribution in [2.24, 2.45) is 0 Å². The van der Waals surface area contributed by atoms with Crippen LogP contribution in [0, 0.1) is 0 Å². The van der Waals surface area contributed by atoms with Gasteiger partial charge in [0.15, 0.2) is 0 Å². The molecule has 0 unspecified atom stereocenters. The predicted molar refractivity (Wildman–Crippen MR) is 75.1 cm³/mol. The van der Waals surface area contributed by atoms with Gasteiger partial charge in [-0.1, -0.05) is 24.3 Å². The van der Waals surface area contributed by atoms with Crippen LogP contribution in [-0.2, 0) is 12.3 Å². The molecule has 0 fully saturated rings. The molecule has 1 aliphatic heterocycles. The van der Waals surface area contributed by atoms with Gasteiger partial charge in [0, 0.05) is 35.7 Å². The maximum absolute atomic E-state index is 13.2. The summed E-state index contributed by atoms with van der Waals surface area (Å²) in [6.07, 6.45) is 0.832. The van der Waals surface area contributed by atoms with Gasteiger partial charge in [-0.25, -0.2) is 8.78 Å². The average Bonchev–Trinajstić information content (AvgIpc) is 2.85. The van der Waals surface area contributed by atoms with Crippen molar-refractivity contribution in [3.63, 3.8) is 0 Å². The van der Waals surface area contributed by atoms with Crippen molar-refractivity contribution in [2.45, 2.75) is 19.3 Å². The molecule has 1 heterocycles. The van der Waals surface area contributed by atoms with E-state index in [4.69, 9.17) is 10.5 Å². The quantitative estimate of drug-likeness (QED) is 0.841. The molecule has 2 N–H and O–H groups in total. The fourth-order valence-electron chi connectivity index (χ4n) is 2.49. The number of anilines is 1. The molecule has 0 saturated carbocycles. The number of hydrogen-bond donors (Lipinski definition) is 1. The molecule has 3 rings (SSSR count). The number of halogens is 2. The topological polar surface area (TPSA) is 35.2 Å². The lowest BCUT2D eigenvalue weighted by Crippen LogP contribution is -2.06. The molecule has 0 aliphatic carbocycles. The van der Waals surface area contributed by atoms with Gasteiger partial charge >= 0.3 is 0 Å². The van der Waals surface area contributed by atoms with Crippen LogP contribution >= 0.6 is 0 Å². The van der Waals surface area contributed by atoms with E-state index in [0.717, 1.165) is 35.8 Å². The van der Waals surface area contributed by atoms with E-state index in [2.05, 4.69) is 0 Å². The largest absolute Gasteiger partial charge is 0.492 e. The number of benzene rings is 2. The van der Waals surface area contributed by atoms with Gasteiger partial charge in [-0.2, -0.15) is 0 Å². The van der Waals surface area contributed by atoms with Gasteiger partial charge in [-0.15, -0.1) is 0 Å². The molecule has 0 bridgehead atoms. The van der Waals surface area contributed by atoms with E-state index < -0.39 is 5.92 Å². The molecule has 20 heavy (non-hydrogen) atoms. The molecule has 104 valence electrons. The van der Waals surface area contributed by atoms with Crippen molar-refractivity contribution in [1.29, 1.82) is 0 Å². The summed E-state index contributed by atoms with van der Waals surface area (Å²) in [4.78, 5) is 0. The second kappa shape index (κ2) is 4.47. The molecular weight excluding hydrogens is 260 g/mol. The van der Waals surface area contributed by atoms with Gasteiger partial charge in [-0.05, 0) is 17.7 Å². The summed E-state index contributed by atoms with van der Waals surface area (Å²) >= 11 is 0. The first-order chi connectivity index (χ1) is 9.45. The number of nitrogens with two attached hydrogens (primary N) is 1. The Labute approximate surface area is 116 Å². The zero-order valence-electron chi connectivity index (χ0n) is 11.1. The molecule has 2 aromatic rings. The highest BCUT2D eigenvalue weighted by atomic mass is 19.3. The second-order valence-electron chi connectivity index (χ2n) is 5.12. The summed E-state index contributed by atoms with van der Waals surface area (Å²) < 4.78 is 32.1. The van der Waals surface area contributed by atoms with Crippen LogP contribution in [0.1, 0.15) is 18.1 Å². The Hall–Kier alpha value is -2.10. The third-order valence-electron chi connectivity index (χ3n) is 3.51. The van der Waals surface area contributed by atoms with Crippen LogP contribution in [0.25, 0.3) is 11.1 Å². The Morgan fingerprint density at radius 3 is 2.50 bits per heavy atom. The molecule has 1 aliphatic rings. The van der Waals surface area contributed by atoms with E-state index >= 15 is 0 Å². The minimum Gasteiger partial charge on any atom is -0.492 e. The molecule has 0 amide bonds. The third-order valence-corrected chi connectivity index (χ3v) is 3.51. The normalized spacial score (nSPS) is 13.9. The minimum absolute atomic E-state index is 0.00252. The van der Waals surface area contributed by atoms with Gasteiger partial charge < -0.3 is 10.5 Å². The molecule has 0 saturated heterocycles. The van der Waals surface area contributed by atoms with Crippen LogP contribution in [-0.4, -0.2) is 6.61 Å². The van der Waals surface area contributed by atoms with Crippen LogP contribution < -0.4 is 10.5 Å². The minimum atomic E-state index is -2.83. The first kappa shape index (κ1) is 12.9. The molecular formula is C16H15F2NO. The van der Waals surface area contributed by atoms with Gasteiger partial charge in [0.1, 0.15) is 5.75 Å². The van der Waals surface area contributed by atoms with Crippen molar-refractivity contribution in [1.82, 2.24) is 0 Å². The maximum Gasteiger partial charge on any atom is 0.270 e. The molecule has 0 aromatic heterocycles. The smallest absolute Gasteiger partial charge is 0.270 e. The third kappa shape index (κ3) is 2.22. The monoisotopic (exact) mass is 275 g/mol. The van der Waals surface area contributed by atoms with E-state index in [1.807, 2.05) is 12.1 Å². The lowest BCUT2D eigenvalue weighted by molar-refractivity contribution is 0.0175. The molecule has 0 atom stereocenters. The fraction of sp³-hybridized carbons (Fsp3) is 0.250. The van der Waals surface area contributed by atoms with Gasteiger partial charge in [0.25, 0.3) is 5.92 Å². The van der Waals surface area contributed by atoms with Crippen molar-refractivity contribution in [3.8, 4) is 16.9 Å². The second-order valence-corrected chi connectivity index (χ2v) is 5.12. The Kier molecular flexibility index (Phi) is 2.89. The number of rotatable bonds is 2. The van der Waals surface area contributed by atoms with Gasteiger partial charge in [0.2, 0.25) is 0 Å². The zero-order valence-corrected chi connectivity index (χ0v) is 11.1. The van der Waals surface area contributed by atoms with Crippen LogP contribution in [0.5, 0.6) is 5.75 Å². The number of fused-ring (bicyclic) bond motifs is 1. The highest BCUT2D eigenvalue weighted by Crippen LogP contribution is 2.39. The Balaban J connectivity index is 2.06. The van der Waals surface area contributed by atoms with Crippen molar-refractivity contribution < 1.29 is 13.5 Å². The lowest BCUT2D eigenvalue weighted by atomic mass is 9.98. The summed E-state index contributed by atoms with van der Waals surface area (Å²) in [5.41, 5.74) is 9.33. The van der Waals surface area contributed by atoms with Crippen LogP contribution in [0.4, 0.5) is 14.5 Å². The first-order valence-electron chi connectivity index (χ1n) is 6.49. The van der Waals surface area contributed by atoms with Crippen LogP contribution in [0.15, 0.2) is 36.4 Å². The Morgan fingerprint density at radius 1 is 1.15 bits per heavy atom. The number of hydrogen-bond acceptors (Lipinski definition) is 2. The van der Waals surface area contributed by atoms with E-state index in [1.165, 1.54) is 12.1 Å². The summed E-state index contributed by atoms with van der Waals surface area (Å²) in [5.74, 6) is -2.01. The zero-order chi connectivity index (χ0) is 14.3. The lowest BCUT2D eigenvalue weighted by Gasteiger charge is -2.13. The first-order valence-corrected chi connectivity index (χ1v) is 6.49. The molecule has 4 heteroatoms. The van der Waals surface area contributed by atoms with Crippen LogP contribution in [0.3, 0.4) is 0 Å². The standard InChI is InChI=1S/C16H15F2NO/c1-16(17,18)12-4-2-10(3-5-12)14-9-13(19)8-11-6-7-20-15(11)14/h2-5,8-9H,6-7,19H2,1H3. The van der Waals surface area contributed by atoms with E-state index in [9.17, 15) is 8.78 Å². The Morgan fingerprint density at radius 2 is 1.85 bits per heavy atom. The molecule has 0 radical (unpaired) electrons. The van der Waals surface area contributed by atoms with Crippen molar-refractivity contribution >= 4 is 5.69 Å². The fourth-order valence-corrected chi connectivity index (χ4v) is 2.49. The molecule has 2 nitrogen and oxygen atoms in total.